The van der Waals surface area contributed by atoms with Gasteiger partial charge in [0.1, 0.15) is 18.8 Å². The van der Waals surface area contributed by atoms with Crippen molar-refractivity contribution in [3.63, 3.8) is 0 Å². The fourth-order valence-electron chi connectivity index (χ4n) is 2.15. The summed E-state index contributed by atoms with van der Waals surface area (Å²) in [5.74, 6) is 1.02. The Hall–Kier alpha value is -2.41. The average molecular weight is 302 g/mol. The number of rotatable bonds is 7. The molecule has 22 heavy (non-hydrogen) atoms. The lowest BCUT2D eigenvalue weighted by atomic mass is 10.2. The maximum Gasteiger partial charge on any atom is 0.196 e. The van der Waals surface area contributed by atoms with Crippen LogP contribution in [0.3, 0.4) is 0 Å². The van der Waals surface area contributed by atoms with Gasteiger partial charge in [-0.15, -0.1) is 0 Å². The van der Waals surface area contributed by atoms with Gasteiger partial charge < -0.3 is 13.3 Å². The number of aromatic nitrogens is 3. The fraction of sp³-hybridized carbons (Fsp3) is 0.400. The van der Waals surface area contributed by atoms with Crippen molar-refractivity contribution in [1.82, 2.24) is 19.9 Å². The minimum Gasteiger partial charge on any atom is -0.451 e. The molecule has 0 aliphatic rings. The van der Waals surface area contributed by atoms with Crippen LogP contribution >= 0.6 is 0 Å². The minimum absolute atomic E-state index is 0.272. The van der Waals surface area contributed by atoms with Crippen molar-refractivity contribution in [2.75, 3.05) is 0 Å². The summed E-state index contributed by atoms with van der Waals surface area (Å²) in [5, 5.41) is 0. The van der Waals surface area contributed by atoms with E-state index in [2.05, 4.69) is 33.7 Å². The molecule has 7 heteroatoms. The summed E-state index contributed by atoms with van der Waals surface area (Å²) in [6.07, 6.45) is 7.83. The Kier molecular flexibility index (Phi) is 4.34. The van der Waals surface area contributed by atoms with Crippen LogP contribution in [-0.2, 0) is 19.6 Å². The summed E-state index contributed by atoms with van der Waals surface area (Å²) in [7, 11) is 0. The molecule has 0 fully saturated rings. The second kappa shape index (κ2) is 6.57. The van der Waals surface area contributed by atoms with E-state index in [9.17, 15) is 0 Å². The van der Waals surface area contributed by atoms with Gasteiger partial charge in [0.05, 0.1) is 17.1 Å². The van der Waals surface area contributed by atoms with Crippen molar-refractivity contribution in [2.24, 2.45) is 0 Å². The van der Waals surface area contributed by atoms with Crippen LogP contribution in [0.4, 0.5) is 0 Å². The van der Waals surface area contributed by atoms with E-state index in [1.807, 2.05) is 0 Å². The van der Waals surface area contributed by atoms with Gasteiger partial charge in [0.2, 0.25) is 0 Å². The third-order valence-electron chi connectivity index (χ3n) is 3.19. The SMILES string of the molecule is CC(C)c1nc(CN(Cc2cocn2)Cc2cocn2)co1. The van der Waals surface area contributed by atoms with E-state index in [-0.39, 0.29) is 5.92 Å². The standard InChI is InChI=1S/C15H18N4O3/c1-11(2)15-18-14(8-22-15)5-19(3-12-6-20-9-16-12)4-13-7-21-10-17-13/h6-11H,3-5H2,1-2H3. The Bertz CT molecular complexity index is 637. The molecule has 0 aromatic carbocycles. The highest BCUT2D eigenvalue weighted by Crippen LogP contribution is 2.16. The van der Waals surface area contributed by atoms with Crippen LogP contribution in [0.2, 0.25) is 0 Å². The predicted octanol–water partition coefficient (Wildman–Crippen LogP) is 2.98. The zero-order chi connectivity index (χ0) is 15.4. The van der Waals surface area contributed by atoms with Crippen LogP contribution in [0.1, 0.15) is 42.7 Å². The van der Waals surface area contributed by atoms with Crippen LogP contribution < -0.4 is 0 Å². The molecular weight excluding hydrogens is 284 g/mol. The van der Waals surface area contributed by atoms with Gasteiger partial charge in [-0.05, 0) is 0 Å². The van der Waals surface area contributed by atoms with Crippen molar-refractivity contribution in [1.29, 1.82) is 0 Å². The van der Waals surface area contributed by atoms with E-state index in [0.717, 1.165) is 23.0 Å². The van der Waals surface area contributed by atoms with Gasteiger partial charge in [0.15, 0.2) is 18.7 Å². The van der Waals surface area contributed by atoms with Crippen molar-refractivity contribution in [2.45, 2.75) is 39.4 Å². The van der Waals surface area contributed by atoms with Crippen molar-refractivity contribution < 1.29 is 13.3 Å². The maximum absolute atomic E-state index is 5.49. The van der Waals surface area contributed by atoms with Crippen LogP contribution in [0.25, 0.3) is 0 Å². The highest BCUT2D eigenvalue weighted by molar-refractivity contribution is 5.02. The molecule has 0 unspecified atom stereocenters. The molecule has 0 saturated heterocycles. The number of nitrogens with zero attached hydrogens (tertiary/aromatic N) is 4. The summed E-state index contributed by atoms with van der Waals surface area (Å²) in [4.78, 5) is 15.0. The molecular formula is C15H18N4O3. The molecule has 0 aliphatic carbocycles. The highest BCUT2D eigenvalue weighted by atomic mass is 16.3. The van der Waals surface area contributed by atoms with Crippen molar-refractivity contribution in [3.8, 4) is 0 Å². The van der Waals surface area contributed by atoms with E-state index >= 15 is 0 Å². The third kappa shape index (κ3) is 3.62. The van der Waals surface area contributed by atoms with Crippen LogP contribution in [0.15, 0.2) is 44.8 Å². The fourth-order valence-corrected chi connectivity index (χ4v) is 2.15. The van der Waals surface area contributed by atoms with Crippen molar-refractivity contribution in [3.05, 3.63) is 54.5 Å². The third-order valence-corrected chi connectivity index (χ3v) is 3.19. The molecule has 3 aromatic heterocycles. The lowest BCUT2D eigenvalue weighted by molar-refractivity contribution is 0.238. The number of oxazole rings is 3. The molecule has 3 aromatic rings. The van der Waals surface area contributed by atoms with Gasteiger partial charge in [0, 0.05) is 25.6 Å². The van der Waals surface area contributed by atoms with E-state index in [0.29, 0.717) is 19.6 Å². The molecule has 3 rings (SSSR count). The summed E-state index contributed by atoms with van der Waals surface area (Å²) in [6.45, 7) is 6.01. The molecule has 0 saturated carbocycles. The molecule has 0 radical (unpaired) electrons. The molecule has 0 atom stereocenters. The van der Waals surface area contributed by atoms with Gasteiger partial charge >= 0.3 is 0 Å². The lowest BCUT2D eigenvalue weighted by Gasteiger charge is -2.18. The first-order valence-electron chi connectivity index (χ1n) is 7.11. The second-order valence-corrected chi connectivity index (χ2v) is 5.44. The van der Waals surface area contributed by atoms with E-state index in [1.54, 1.807) is 18.8 Å². The highest BCUT2D eigenvalue weighted by Gasteiger charge is 2.15. The monoisotopic (exact) mass is 302 g/mol. The molecule has 0 bridgehead atoms. The first kappa shape index (κ1) is 14.5. The van der Waals surface area contributed by atoms with Crippen molar-refractivity contribution >= 4 is 0 Å². The van der Waals surface area contributed by atoms with E-state index in [4.69, 9.17) is 13.3 Å². The summed E-state index contributed by atoms with van der Waals surface area (Å²) in [5.41, 5.74) is 2.60. The smallest absolute Gasteiger partial charge is 0.196 e. The first-order chi connectivity index (χ1) is 10.7. The zero-order valence-corrected chi connectivity index (χ0v) is 12.6. The number of hydrogen-bond acceptors (Lipinski definition) is 7. The quantitative estimate of drug-likeness (QED) is 0.663. The molecule has 0 aliphatic heterocycles. The zero-order valence-electron chi connectivity index (χ0n) is 12.6. The molecule has 0 amide bonds. The summed E-state index contributed by atoms with van der Waals surface area (Å²) < 4.78 is 15.6. The minimum atomic E-state index is 0.272. The van der Waals surface area contributed by atoms with Gasteiger partial charge in [-0.2, -0.15) is 0 Å². The maximum atomic E-state index is 5.49. The summed E-state index contributed by atoms with van der Waals surface area (Å²) in [6, 6.07) is 0. The van der Waals surface area contributed by atoms with E-state index < -0.39 is 0 Å². The van der Waals surface area contributed by atoms with Gasteiger partial charge in [-0.1, -0.05) is 13.8 Å². The predicted molar refractivity (Wildman–Crippen MR) is 76.5 cm³/mol. The Balaban J connectivity index is 1.71. The Morgan fingerprint density at radius 3 is 1.95 bits per heavy atom. The van der Waals surface area contributed by atoms with Crippen LogP contribution in [0, 0.1) is 0 Å². The molecule has 3 heterocycles. The van der Waals surface area contributed by atoms with Crippen LogP contribution in [0.5, 0.6) is 0 Å². The molecule has 0 spiro atoms. The molecule has 116 valence electrons. The first-order valence-corrected chi connectivity index (χ1v) is 7.11. The Morgan fingerprint density at radius 1 is 0.909 bits per heavy atom. The van der Waals surface area contributed by atoms with Gasteiger partial charge in [0.25, 0.3) is 0 Å². The van der Waals surface area contributed by atoms with Gasteiger partial charge in [-0.3, -0.25) is 4.90 Å². The molecule has 0 N–H and O–H groups in total. The second-order valence-electron chi connectivity index (χ2n) is 5.44. The van der Waals surface area contributed by atoms with E-state index in [1.165, 1.54) is 12.8 Å². The summed E-state index contributed by atoms with van der Waals surface area (Å²) >= 11 is 0. The van der Waals surface area contributed by atoms with Gasteiger partial charge in [-0.25, -0.2) is 15.0 Å². The average Bonchev–Trinajstić information content (AvgIpc) is 3.19. The Labute approximate surface area is 128 Å². The van der Waals surface area contributed by atoms with Crippen LogP contribution in [-0.4, -0.2) is 19.9 Å². The Morgan fingerprint density at radius 2 is 1.50 bits per heavy atom. The molecule has 7 nitrogen and oxygen atoms in total. The lowest BCUT2D eigenvalue weighted by Crippen LogP contribution is -2.23. The number of hydrogen-bond donors (Lipinski definition) is 0. The largest absolute Gasteiger partial charge is 0.451 e. The topological polar surface area (TPSA) is 81.3 Å². The normalized spacial score (nSPS) is 11.6.